The van der Waals surface area contributed by atoms with E-state index < -0.39 is 6.10 Å². The van der Waals surface area contributed by atoms with Crippen molar-refractivity contribution in [2.24, 2.45) is 0 Å². The maximum atomic E-state index is 10.0. The molecule has 0 amide bonds. The molecule has 0 unspecified atom stereocenters. The number of phenolic OH excluding ortho intramolecular Hbond substituents is 1. The van der Waals surface area contributed by atoms with Gasteiger partial charge in [0.05, 0.1) is 6.10 Å². The molecule has 0 bridgehead atoms. The third-order valence-corrected chi connectivity index (χ3v) is 2.69. The zero-order valence-corrected chi connectivity index (χ0v) is 9.38. The molecule has 0 aliphatic carbocycles. The molecule has 3 nitrogen and oxygen atoms in total. The Balaban J connectivity index is 2.08. The van der Waals surface area contributed by atoms with Gasteiger partial charge in [0.15, 0.2) is 0 Å². The minimum atomic E-state index is -0.570. The largest absolute Gasteiger partial charge is 0.508 e. The minimum Gasteiger partial charge on any atom is -0.508 e. The highest BCUT2D eigenvalue weighted by atomic mass is 16.3. The predicted octanol–water partition coefficient (Wildman–Crippen LogP) is 2.25. The summed E-state index contributed by atoms with van der Waals surface area (Å²) in [6.07, 6.45) is -0.0374. The van der Waals surface area contributed by atoms with Crippen molar-refractivity contribution in [2.45, 2.75) is 12.5 Å². The second-order valence-electron chi connectivity index (χ2n) is 4.05. The molecule has 88 valence electrons. The lowest BCUT2D eigenvalue weighted by molar-refractivity contribution is 0.178. The third-order valence-electron chi connectivity index (χ3n) is 2.69. The summed E-state index contributed by atoms with van der Waals surface area (Å²) in [5.41, 5.74) is 8.13. The number of nitrogens with two attached hydrogens (primary N) is 1. The summed E-state index contributed by atoms with van der Waals surface area (Å²) in [7, 11) is 0. The number of aromatic hydroxyl groups is 1. The maximum absolute atomic E-state index is 10.0. The van der Waals surface area contributed by atoms with Gasteiger partial charge in [-0.3, -0.25) is 0 Å². The molecule has 17 heavy (non-hydrogen) atoms. The lowest BCUT2D eigenvalue weighted by Gasteiger charge is -2.11. The first-order valence-corrected chi connectivity index (χ1v) is 5.46. The van der Waals surface area contributed by atoms with Crippen LogP contribution in [0.2, 0.25) is 0 Å². The average Bonchev–Trinajstić information content (AvgIpc) is 2.33. The van der Waals surface area contributed by atoms with E-state index in [-0.39, 0.29) is 5.75 Å². The molecule has 0 aliphatic heterocycles. The van der Waals surface area contributed by atoms with E-state index in [9.17, 15) is 5.11 Å². The van der Waals surface area contributed by atoms with E-state index in [1.807, 2.05) is 24.3 Å². The molecule has 0 heterocycles. The number of hydrogen-bond acceptors (Lipinski definition) is 3. The van der Waals surface area contributed by atoms with Crippen LogP contribution in [0.3, 0.4) is 0 Å². The number of rotatable bonds is 3. The summed E-state index contributed by atoms with van der Waals surface area (Å²) >= 11 is 0. The molecular formula is C14H15NO2. The van der Waals surface area contributed by atoms with E-state index in [1.54, 1.807) is 24.3 Å². The predicted molar refractivity (Wildman–Crippen MR) is 67.6 cm³/mol. The summed E-state index contributed by atoms with van der Waals surface area (Å²) in [4.78, 5) is 0. The Labute approximate surface area is 100 Å². The van der Waals surface area contributed by atoms with Crippen molar-refractivity contribution in [2.75, 3.05) is 5.73 Å². The quantitative estimate of drug-likeness (QED) is 0.707. The van der Waals surface area contributed by atoms with Gasteiger partial charge in [0.25, 0.3) is 0 Å². The zero-order valence-electron chi connectivity index (χ0n) is 9.38. The van der Waals surface area contributed by atoms with E-state index in [4.69, 9.17) is 10.8 Å². The van der Waals surface area contributed by atoms with Crippen LogP contribution in [-0.2, 0) is 6.42 Å². The van der Waals surface area contributed by atoms with Crippen LogP contribution in [0.25, 0.3) is 0 Å². The van der Waals surface area contributed by atoms with E-state index >= 15 is 0 Å². The van der Waals surface area contributed by atoms with Crippen molar-refractivity contribution in [3.8, 4) is 5.75 Å². The monoisotopic (exact) mass is 229 g/mol. The SMILES string of the molecule is Nc1ccc(C[C@H](O)c2ccc(O)cc2)cc1. The van der Waals surface area contributed by atoms with Gasteiger partial charge >= 0.3 is 0 Å². The van der Waals surface area contributed by atoms with Gasteiger partial charge in [0.2, 0.25) is 0 Å². The van der Waals surface area contributed by atoms with Gasteiger partial charge in [-0.2, -0.15) is 0 Å². The standard InChI is InChI=1S/C14H15NO2/c15-12-5-1-10(2-6-12)9-14(17)11-3-7-13(16)8-4-11/h1-8,14,16-17H,9,15H2/t14-/m0/s1. The van der Waals surface area contributed by atoms with Crippen LogP contribution >= 0.6 is 0 Å². The Morgan fingerprint density at radius 3 is 2.12 bits per heavy atom. The molecule has 0 saturated carbocycles. The molecule has 2 aromatic carbocycles. The van der Waals surface area contributed by atoms with Crippen LogP contribution in [0.15, 0.2) is 48.5 Å². The fourth-order valence-corrected chi connectivity index (χ4v) is 1.69. The molecule has 1 atom stereocenters. The van der Waals surface area contributed by atoms with E-state index in [1.165, 1.54) is 0 Å². The highest BCUT2D eigenvalue weighted by Gasteiger charge is 2.08. The van der Waals surface area contributed by atoms with Crippen LogP contribution < -0.4 is 5.73 Å². The minimum absolute atomic E-state index is 0.202. The van der Waals surface area contributed by atoms with Crippen LogP contribution in [0.1, 0.15) is 17.2 Å². The Hall–Kier alpha value is -2.00. The highest BCUT2D eigenvalue weighted by molar-refractivity contribution is 5.39. The summed E-state index contributed by atoms with van der Waals surface area (Å²) in [5.74, 6) is 0.202. The van der Waals surface area contributed by atoms with Gasteiger partial charge in [-0.05, 0) is 35.4 Å². The van der Waals surface area contributed by atoms with Crippen molar-refractivity contribution in [3.63, 3.8) is 0 Å². The Morgan fingerprint density at radius 1 is 0.941 bits per heavy atom. The van der Waals surface area contributed by atoms with Crippen molar-refractivity contribution >= 4 is 5.69 Å². The first kappa shape index (κ1) is 11.5. The number of nitrogen functional groups attached to an aromatic ring is 1. The molecule has 0 spiro atoms. The molecule has 0 aliphatic rings. The molecule has 2 aromatic rings. The van der Waals surface area contributed by atoms with Gasteiger partial charge < -0.3 is 15.9 Å². The molecule has 0 saturated heterocycles. The van der Waals surface area contributed by atoms with Gasteiger partial charge in [-0.1, -0.05) is 24.3 Å². The van der Waals surface area contributed by atoms with Crippen LogP contribution in [0.5, 0.6) is 5.75 Å². The number of phenols is 1. The molecule has 0 radical (unpaired) electrons. The molecule has 4 N–H and O–H groups in total. The lowest BCUT2D eigenvalue weighted by atomic mass is 10.0. The third kappa shape index (κ3) is 2.98. The Morgan fingerprint density at radius 2 is 1.53 bits per heavy atom. The van der Waals surface area contributed by atoms with Crippen LogP contribution in [0.4, 0.5) is 5.69 Å². The van der Waals surface area contributed by atoms with E-state index in [2.05, 4.69) is 0 Å². The summed E-state index contributed by atoms with van der Waals surface area (Å²) in [5, 5.41) is 19.2. The number of anilines is 1. The molecule has 3 heteroatoms. The van der Waals surface area contributed by atoms with Gasteiger partial charge in [-0.15, -0.1) is 0 Å². The molecule has 0 aromatic heterocycles. The fraction of sp³-hybridized carbons (Fsp3) is 0.143. The second-order valence-corrected chi connectivity index (χ2v) is 4.05. The van der Waals surface area contributed by atoms with Gasteiger partial charge in [0.1, 0.15) is 5.75 Å². The van der Waals surface area contributed by atoms with Crippen molar-refractivity contribution in [1.29, 1.82) is 0 Å². The smallest absolute Gasteiger partial charge is 0.115 e. The Kier molecular flexibility index (Phi) is 3.30. The number of aliphatic hydroxyl groups is 1. The van der Waals surface area contributed by atoms with E-state index in [0.717, 1.165) is 11.1 Å². The molecule has 0 fully saturated rings. The van der Waals surface area contributed by atoms with Gasteiger partial charge in [0, 0.05) is 12.1 Å². The lowest BCUT2D eigenvalue weighted by Crippen LogP contribution is -2.01. The van der Waals surface area contributed by atoms with Crippen molar-refractivity contribution in [1.82, 2.24) is 0 Å². The topological polar surface area (TPSA) is 66.5 Å². The zero-order chi connectivity index (χ0) is 12.3. The summed E-state index contributed by atoms with van der Waals surface area (Å²) < 4.78 is 0. The van der Waals surface area contributed by atoms with Crippen LogP contribution in [0, 0.1) is 0 Å². The fourth-order valence-electron chi connectivity index (χ4n) is 1.69. The summed E-state index contributed by atoms with van der Waals surface area (Å²) in [6.45, 7) is 0. The normalized spacial score (nSPS) is 12.3. The molecule has 2 rings (SSSR count). The maximum Gasteiger partial charge on any atom is 0.115 e. The number of benzene rings is 2. The highest BCUT2D eigenvalue weighted by Crippen LogP contribution is 2.20. The first-order valence-electron chi connectivity index (χ1n) is 5.46. The Bertz CT molecular complexity index is 477. The van der Waals surface area contributed by atoms with Crippen molar-refractivity contribution in [3.05, 3.63) is 59.7 Å². The summed E-state index contributed by atoms with van der Waals surface area (Å²) in [6, 6.07) is 14.0. The van der Waals surface area contributed by atoms with Crippen molar-refractivity contribution < 1.29 is 10.2 Å². The average molecular weight is 229 g/mol. The van der Waals surface area contributed by atoms with E-state index in [0.29, 0.717) is 12.1 Å². The van der Waals surface area contributed by atoms with Gasteiger partial charge in [-0.25, -0.2) is 0 Å². The first-order chi connectivity index (χ1) is 8.15. The molecular weight excluding hydrogens is 214 g/mol. The number of hydrogen-bond donors (Lipinski definition) is 3. The van der Waals surface area contributed by atoms with Crippen LogP contribution in [-0.4, -0.2) is 10.2 Å². The second kappa shape index (κ2) is 4.89. The number of aliphatic hydroxyl groups excluding tert-OH is 1.